The van der Waals surface area contributed by atoms with Crippen molar-refractivity contribution in [2.45, 2.75) is 29.5 Å². The summed E-state index contributed by atoms with van der Waals surface area (Å²) in [6, 6.07) is 4.86. The fourth-order valence-corrected chi connectivity index (χ4v) is 2.83. The maximum atomic E-state index is 13.9. The molecule has 0 fully saturated rings. The molecule has 3 rings (SSSR count). The lowest BCUT2D eigenvalue weighted by Crippen LogP contribution is -2.10. The molecule has 9 heteroatoms. The highest BCUT2D eigenvalue weighted by Crippen LogP contribution is 2.39. The first-order chi connectivity index (χ1) is 9.97. The van der Waals surface area contributed by atoms with Crippen molar-refractivity contribution >= 4 is 10.8 Å². The van der Waals surface area contributed by atoms with E-state index in [0.717, 1.165) is 4.68 Å². The van der Waals surface area contributed by atoms with Crippen LogP contribution >= 0.6 is 0 Å². The summed E-state index contributed by atoms with van der Waals surface area (Å²) in [5, 5.41) is 3.11. The SMILES string of the molecule is O=[S@](c1nc2n(n1)[C@H](c1cccc(F)c1)C[C@@H]2F)C(F)F. The van der Waals surface area contributed by atoms with Crippen molar-refractivity contribution in [3.8, 4) is 0 Å². The van der Waals surface area contributed by atoms with E-state index in [-0.39, 0.29) is 12.2 Å². The summed E-state index contributed by atoms with van der Waals surface area (Å²) in [6.45, 7) is 0. The third-order valence-corrected chi connectivity index (χ3v) is 4.08. The maximum absolute atomic E-state index is 13.9. The summed E-state index contributed by atoms with van der Waals surface area (Å²) in [7, 11) is -2.70. The lowest BCUT2D eigenvalue weighted by atomic mass is 10.0. The van der Waals surface area contributed by atoms with Crippen LogP contribution in [0.5, 0.6) is 0 Å². The summed E-state index contributed by atoms with van der Waals surface area (Å²) >= 11 is 0. The standard InChI is InChI=1S/C12H9F4N3OS/c13-7-3-1-2-6(4-7)9-5-8(14)10-17-12(18-19(9)10)21(20)11(15)16/h1-4,8-9,11H,5H2/t8-,9-,21-/m0/s1. The van der Waals surface area contributed by atoms with E-state index >= 15 is 0 Å². The summed E-state index contributed by atoms with van der Waals surface area (Å²) in [5.74, 6) is -3.79. The van der Waals surface area contributed by atoms with Gasteiger partial charge in [0.05, 0.1) is 6.04 Å². The van der Waals surface area contributed by atoms with Gasteiger partial charge >= 0.3 is 5.76 Å². The average molecular weight is 319 g/mol. The number of alkyl halides is 3. The second-order valence-corrected chi connectivity index (χ2v) is 5.85. The minimum atomic E-state index is -3.14. The number of hydrogen-bond acceptors (Lipinski definition) is 3. The Bertz CT molecular complexity index is 706. The molecule has 2 aromatic rings. The van der Waals surface area contributed by atoms with E-state index in [9.17, 15) is 21.8 Å². The highest BCUT2D eigenvalue weighted by atomic mass is 32.2. The van der Waals surface area contributed by atoms with Gasteiger partial charge < -0.3 is 0 Å². The normalized spacial score (nSPS) is 22.5. The van der Waals surface area contributed by atoms with Gasteiger partial charge in [0.15, 0.2) is 22.8 Å². The molecular formula is C12H9F4N3OS. The maximum Gasteiger partial charge on any atom is 0.319 e. The van der Waals surface area contributed by atoms with Gasteiger partial charge in [-0.25, -0.2) is 22.7 Å². The number of benzene rings is 1. The Morgan fingerprint density at radius 1 is 1.38 bits per heavy atom. The van der Waals surface area contributed by atoms with E-state index in [1.54, 1.807) is 6.07 Å². The number of nitrogens with zero attached hydrogens (tertiary/aromatic N) is 3. The molecule has 1 aliphatic heterocycles. The molecule has 0 amide bonds. The van der Waals surface area contributed by atoms with E-state index in [0.29, 0.717) is 5.56 Å². The molecule has 0 saturated heterocycles. The summed E-state index contributed by atoms with van der Waals surface area (Å²) < 4.78 is 64.4. The Labute approximate surface area is 119 Å². The van der Waals surface area contributed by atoms with Gasteiger partial charge in [0.1, 0.15) is 5.82 Å². The van der Waals surface area contributed by atoms with Gasteiger partial charge in [-0.3, -0.25) is 0 Å². The molecule has 112 valence electrons. The van der Waals surface area contributed by atoms with Crippen LogP contribution in [0.25, 0.3) is 0 Å². The molecule has 1 aliphatic rings. The number of halogens is 4. The monoisotopic (exact) mass is 319 g/mol. The van der Waals surface area contributed by atoms with Gasteiger partial charge in [-0.15, -0.1) is 5.10 Å². The summed E-state index contributed by atoms with van der Waals surface area (Å²) in [4.78, 5) is 3.59. The largest absolute Gasteiger partial charge is 0.319 e. The zero-order valence-electron chi connectivity index (χ0n) is 10.4. The van der Waals surface area contributed by atoms with Gasteiger partial charge in [0.2, 0.25) is 5.16 Å². The summed E-state index contributed by atoms with van der Waals surface area (Å²) in [5.41, 5.74) is 0.454. The van der Waals surface area contributed by atoms with Gasteiger partial charge in [0.25, 0.3) is 0 Å². The molecule has 1 aromatic heterocycles. The first-order valence-electron chi connectivity index (χ1n) is 6.02. The van der Waals surface area contributed by atoms with Crippen LogP contribution in [-0.2, 0) is 10.8 Å². The Kier molecular flexibility index (Phi) is 3.52. The van der Waals surface area contributed by atoms with Gasteiger partial charge in [-0.05, 0) is 17.7 Å². The topological polar surface area (TPSA) is 47.8 Å². The smallest absolute Gasteiger partial charge is 0.245 e. The molecule has 4 nitrogen and oxygen atoms in total. The molecule has 21 heavy (non-hydrogen) atoms. The van der Waals surface area contributed by atoms with E-state index in [1.165, 1.54) is 18.2 Å². The first-order valence-corrected chi connectivity index (χ1v) is 7.23. The van der Waals surface area contributed by atoms with Crippen LogP contribution < -0.4 is 0 Å². The third-order valence-electron chi connectivity index (χ3n) is 3.22. The Morgan fingerprint density at radius 3 is 2.81 bits per heavy atom. The average Bonchev–Trinajstić information content (AvgIpc) is 2.99. The highest BCUT2D eigenvalue weighted by molar-refractivity contribution is 7.85. The van der Waals surface area contributed by atoms with Gasteiger partial charge in [0, 0.05) is 6.42 Å². The minimum absolute atomic E-state index is 0.0135. The molecule has 3 atom stereocenters. The Balaban J connectivity index is 2.01. The molecule has 0 N–H and O–H groups in total. The molecule has 1 aromatic carbocycles. The van der Waals surface area contributed by atoms with Crippen molar-refractivity contribution in [2.75, 3.05) is 0 Å². The molecule has 0 spiro atoms. The Morgan fingerprint density at radius 2 is 2.14 bits per heavy atom. The lowest BCUT2D eigenvalue weighted by molar-refractivity contribution is 0.243. The Hall–Kier alpha value is -1.77. The van der Waals surface area contributed by atoms with E-state index in [2.05, 4.69) is 10.1 Å². The van der Waals surface area contributed by atoms with E-state index < -0.39 is 39.7 Å². The minimum Gasteiger partial charge on any atom is -0.245 e. The molecule has 0 radical (unpaired) electrons. The van der Waals surface area contributed by atoms with Crippen molar-refractivity contribution in [2.24, 2.45) is 0 Å². The summed E-state index contributed by atoms with van der Waals surface area (Å²) in [6.07, 6.45) is -1.53. The van der Waals surface area contributed by atoms with Crippen LogP contribution in [0.15, 0.2) is 29.4 Å². The predicted octanol–water partition coefficient (Wildman–Crippen LogP) is 2.75. The molecular weight excluding hydrogens is 310 g/mol. The number of hydrogen-bond donors (Lipinski definition) is 0. The van der Waals surface area contributed by atoms with Crippen molar-refractivity contribution < 1.29 is 21.8 Å². The van der Waals surface area contributed by atoms with Crippen molar-refractivity contribution in [1.82, 2.24) is 14.8 Å². The molecule has 0 unspecified atom stereocenters. The highest BCUT2D eigenvalue weighted by Gasteiger charge is 2.37. The van der Waals surface area contributed by atoms with Crippen LogP contribution in [0.1, 0.15) is 30.0 Å². The zero-order valence-corrected chi connectivity index (χ0v) is 11.2. The van der Waals surface area contributed by atoms with Crippen LogP contribution in [0, 0.1) is 5.82 Å². The lowest BCUT2D eigenvalue weighted by Gasteiger charge is -2.11. The number of rotatable bonds is 3. The van der Waals surface area contributed by atoms with Gasteiger partial charge in [-0.2, -0.15) is 8.78 Å². The second kappa shape index (κ2) is 5.21. The molecule has 0 bridgehead atoms. The predicted molar refractivity (Wildman–Crippen MR) is 65.4 cm³/mol. The number of fused-ring (bicyclic) bond motifs is 1. The van der Waals surface area contributed by atoms with E-state index in [4.69, 9.17) is 0 Å². The van der Waals surface area contributed by atoms with Crippen molar-refractivity contribution in [3.63, 3.8) is 0 Å². The zero-order chi connectivity index (χ0) is 15.1. The van der Waals surface area contributed by atoms with Crippen molar-refractivity contribution in [3.05, 3.63) is 41.5 Å². The quantitative estimate of drug-likeness (QED) is 0.817. The van der Waals surface area contributed by atoms with Crippen LogP contribution in [0.4, 0.5) is 17.6 Å². The van der Waals surface area contributed by atoms with Crippen molar-refractivity contribution in [1.29, 1.82) is 0 Å². The van der Waals surface area contributed by atoms with Crippen LogP contribution in [0.3, 0.4) is 0 Å². The fourth-order valence-electron chi connectivity index (χ4n) is 2.32. The molecule has 2 heterocycles. The van der Waals surface area contributed by atoms with Gasteiger partial charge in [-0.1, -0.05) is 12.1 Å². The first kappa shape index (κ1) is 14.2. The molecule has 0 aliphatic carbocycles. The fraction of sp³-hybridized carbons (Fsp3) is 0.333. The van der Waals surface area contributed by atoms with Crippen LogP contribution in [0.2, 0.25) is 0 Å². The number of aromatic nitrogens is 3. The van der Waals surface area contributed by atoms with E-state index in [1.807, 2.05) is 0 Å². The second-order valence-electron chi connectivity index (χ2n) is 4.53. The third kappa shape index (κ3) is 2.45. The van der Waals surface area contributed by atoms with Crippen LogP contribution in [-0.4, -0.2) is 24.7 Å². The molecule has 0 saturated carbocycles.